The maximum absolute atomic E-state index is 12.4. The number of rotatable bonds is 8. The molecular formula is C21H21ClN4O2S. The van der Waals surface area contributed by atoms with Crippen LogP contribution < -0.4 is 5.32 Å². The van der Waals surface area contributed by atoms with E-state index >= 15 is 0 Å². The number of carbonyl (C=O) groups is 1. The highest BCUT2D eigenvalue weighted by atomic mass is 35.5. The average molecular weight is 429 g/mol. The Balaban J connectivity index is 1.55. The molecule has 8 heteroatoms. The summed E-state index contributed by atoms with van der Waals surface area (Å²) in [5.74, 6) is 0.779. The number of nitrogens with one attached hydrogen (secondary N) is 1. The number of aromatic nitrogens is 3. The number of ether oxygens (including phenoxy) is 1. The van der Waals surface area contributed by atoms with Crippen LogP contribution in [0.5, 0.6) is 0 Å². The smallest absolute Gasteiger partial charge is 0.209 e. The zero-order valence-corrected chi connectivity index (χ0v) is 17.8. The van der Waals surface area contributed by atoms with Crippen molar-refractivity contribution in [2.24, 2.45) is 7.05 Å². The number of benzene rings is 2. The zero-order chi connectivity index (χ0) is 20.4. The van der Waals surface area contributed by atoms with Gasteiger partial charge in [0.25, 0.3) is 0 Å². The Morgan fingerprint density at radius 3 is 2.90 bits per heavy atom. The standard InChI is InChI=1S/C21H21ClN4O2S/c1-3-28-10-4-5-18(27)13-6-9-17-16(11-13)23-20(26(17)2)25-21-24-15-8-7-14(22)12-19(15)29-21/h6-9,11-12H,3-5,10H2,1-2H3,(H,23,24,25). The van der Waals surface area contributed by atoms with Crippen molar-refractivity contribution < 1.29 is 9.53 Å². The van der Waals surface area contributed by atoms with Gasteiger partial charge in [-0.15, -0.1) is 0 Å². The van der Waals surface area contributed by atoms with E-state index in [0.29, 0.717) is 36.2 Å². The first-order valence-corrected chi connectivity index (χ1v) is 10.6. The highest BCUT2D eigenvalue weighted by Crippen LogP contribution is 2.31. The summed E-state index contributed by atoms with van der Waals surface area (Å²) in [6, 6.07) is 11.3. The minimum atomic E-state index is 0.106. The zero-order valence-electron chi connectivity index (χ0n) is 16.2. The number of hydrogen-bond acceptors (Lipinski definition) is 6. The number of fused-ring (bicyclic) bond motifs is 2. The number of thiazole rings is 1. The van der Waals surface area contributed by atoms with Crippen LogP contribution >= 0.6 is 22.9 Å². The SMILES string of the molecule is CCOCCCC(=O)c1ccc2c(c1)nc(Nc1nc3ccc(Cl)cc3s1)n2C. The van der Waals surface area contributed by atoms with Gasteiger partial charge < -0.3 is 14.6 Å². The molecule has 0 spiro atoms. The molecule has 0 atom stereocenters. The van der Waals surface area contributed by atoms with E-state index in [-0.39, 0.29) is 5.78 Å². The van der Waals surface area contributed by atoms with E-state index in [9.17, 15) is 4.79 Å². The van der Waals surface area contributed by atoms with Gasteiger partial charge in [0.15, 0.2) is 10.9 Å². The van der Waals surface area contributed by atoms with Crippen molar-refractivity contribution in [1.82, 2.24) is 14.5 Å². The van der Waals surface area contributed by atoms with E-state index in [2.05, 4.69) is 15.3 Å². The molecular weight excluding hydrogens is 408 g/mol. The van der Waals surface area contributed by atoms with E-state index < -0.39 is 0 Å². The fourth-order valence-electron chi connectivity index (χ4n) is 3.16. The number of anilines is 2. The molecule has 4 rings (SSSR count). The molecule has 2 aromatic carbocycles. The van der Waals surface area contributed by atoms with Gasteiger partial charge >= 0.3 is 0 Å². The lowest BCUT2D eigenvalue weighted by Crippen LogP contribution is -2.02. The molecule has 0 aliphatic rings. The topological polar surface area (TPSA) is 69.0 Å². The third-order valence-corrected chi connectivity index (χ3v) is 5.84. The van der Waals surface area contributed by atoms with Gasteiger partial charge in [-0.2, -0.15) is 0 Å². The quantitative estimate of drug-likeness (QED) is 0.293. The summed E-state index contributed by atoms with van der Waals surface area (Å²) in [6.07, 6.45) is 1.19. The number of hydrogen-bond donors (Lipinski definition) is 1. The summed E-state index contributed by atoms with van der Waals surface area (Å²) in [6.45, 7) is 3.23. The van der Waals surface area contributed by atoms with Gasteiger partial charge in [-0.05, 0) is 49.7 Å². The van der Waals surface area contributed by atoms with Crippen LogP contribution in [0, 0.1) is 0 Å². The van der Waals surface area contributed by atoms with E-state index in [4.69, 9.17) is 16.3 Å². The third-order valence-electron chi connectivity index (χ3n) is 4.67. The Morgan fingerprint density at radius 1 is 1.21 bits per heavy atom. The van der Waals surface area contributed by atoms with Crippen LogP contribution in [0.25, 0.3) is 21.3 Å². The average Bonchev–Trinajstić information content (AvgIpc) is 3.25. The summed E-state index contributed by atoms with van der Waals surface area (Å²) in [7, 11) is 1.94. The third kappa shape index (κ3) is 4.27. The van der Waals surface area contributed by atoms with Crippen molar-refractivity contribution >= 4 is 61.1 Å². The van der Waals surface area contributed by atoms with Crippen LogP contribution in [0.4, 0.5) is 11.1 Å². The van der Waals surface area contributed by atoms with Crippen molar-refractivity contribution in [1.29, 1.82) is 0 Å². The second-order valence-corrected chi connectivity index (χ2v) is 8.14. The van der Waals surface area contributed by atoms with Crippen LogP contribution in [-0.4, -0.2) is 33.5 Å². The molecule has 0 unspecified atom stereocenters. The molecule has 2 aromatic heterocycles. The number of aryl methyl sites for hydroxylation is 1. The minimum Gasteiger partial charge on any atom is -0.382 e. The summed E-state index contributed by atoms with van der Waals surface area (Å²) >= 11 is 7.58. The van der Waals surface area contributed by atoms with E-state index in [1.807, 2.05) is 54.9 Å². The van der Waals surface area contributed by atoms with Gasteiger partial charge in [0, 0.05) is 37.3 Å². The Labute approximate surface area is 177 Å². The Hall–Kier alpha value is -2.48. The van der Waals surface area contributed by atoms with Crippen LogP contribution in [0.3, 0.4) is 0 Å². The first-order valence-electron chi connectivity index (χ1n) is 9.45. The summed E-state index contributed by atoms with van der Waals surface area (Å²) in [5, 5.41) is 4.71. The summed E-state index contributed by atoms with van der Waals surface area (Å²) < 4.78 is 8.27. The Morgan fingerprint density at radius 2 is 2.07 bits per heavy atom. The van der Waals surface area contributed by atoms with Gasteiger partial charge in [0.05, 0.1) is 21.3 Å². The maximum atomic E-state index is 12.4. The number of halogens is 1. The molecule has 2 heterocycles. The first-order chi connectivity index (χ1) is 14.0. The lowest BCUT2D eigenvalue weighted by molar-refractivity contribution is 0.0947. The van der Waals surface area contributed by atoms with Crippen LogP contribution in [0.1, 0.15) is 30.1 Å². The number of carbonyl (C=O) groups excluding carboxylic acids is 1. The molecule has 0 fully saturated rings. The fraction of sp³-hybridized carbons (Fsp3) is 0.286. The summed E-state index contributed by atoms with van der Waals surface area (Å²) in [5.41, 5.74) is 3.28. The van der Waals surface area contributed by atoms with Crippen molar-refractivity contribution in [3.63, 3.8) is 0 Å². The molecule has 4 aromatic rings. The lowest BCUT2D eigenvalue weighted by atomic mass is 10.1. The molecule has 1 N–H and O–H groups in total. The van der Waals surface area contributed by atoms with E-state index in [1.54, 1.807) is 0 Å². The van der Waals surface area contributed by atoms with Gasteiger partial charge in [-0.3, -0.25) is 4.79 Å². The molecule has 0 aliphatic heterocycles. The van der Waals surface area contributed by atoms with Crippen LogP contribution in [0.15, 0.2) is 36.4 Å². The fourth-order valence-corrected chi connectivity index (χ4v) is 4.29. The molecule has 0 bridgehead atoms. The molecule has 6 nitrogen and oxygen atoms in total. The van der Waals surface area contributed by atoms with Crippen molar-refractivity contribution in [2.75, 3.05) is 18.5 Å². The number of nitrogens with zero attached hydrogens (tertiary/aromatic N) is 3. The Kier molecular flexibility index (Phi) is 5.80. The predicted octanol–water partition coefficient (Wildman–Crippen LogP) is 5.58. The second-order valence-electron chi connectivity index (χ2n) is 6.68. The van der Waals surface area contributed by atoms with E-state index in [1.165, 1.54) is 11.3 Å². The largest absolute Gasteiger partial charge is 0.382 e. The van der Waals surface area contributed by atoms with Crippen molar-refractivity contribution in [3.05, 3.63) is 47.0 Å². The predicted molar refractivity (Wildman–Crippen MR) is 119 cm³/mol. The maximum Gasteiger partial charge on any atom is 0.209 e. The van der Waals surface area contributed by atoms with Crippen molar-refractivity contribution in [3.8, 4) is 0 Å². The molecule has 29 heavy (non-hydrogen) atoms. The van der Waals surface area contributed by atoms with Gasteiger partial charge in [-0.25, -0.2) is 9.97 Å². The van der Waals surface area contributed by atoms with E-state index in [0.717, 1.165) is 32.8 Å². The number of ketones is 1. The van der Waals surface area contributed by atoms with Crippen LogP contribution in [-0.2, 0) is 11.8 Å². The van der Waals surface area contributed by atoms with Gasteiger partial charge in [-0.1, -0.05) is 22.9 Å². The Bertz CT molecular complexity index is 1180. The monoisotopic (exact) mass is 428 g/mol. The van der Waals surface area contributed by atoms with Gasteiger partial charge in [0.1, 0.15) is 0 Å². The highest BCUT2D eigenvalue weighted by molar-refractivity contribution is 7.22. The molecule has 0 saturated heterocycles. The minimum absolute atomic E-state index is 0.106. The first kappa shape index (κ1) is 19.8. The molecule has 0 saturated carbocycles. The second kappa shape index (κ2) is 8.49. The molecule has 0 amide bonds. The van der Waals surface area contributed by atoms with Crippen LogP contribution in [0.2, 0.25) is 5.02 Å². The number of Topliss-reactive ketones (excluding diaryl/α,β-unsaturated/α-hetero) is 1. The lowest BCUT2D eigenvalue weighted by Gasteiger charge is -2.03. The van der Waals surface area contributed by atoms with Gasteiger partial charge in [0.2, 0.25) is 5.95 Å². The number of imidazole rings is 1. The van der Waals surface area contributed by atoms with Crippen molar-refractivity contribution in [2.45, 2.75) is 19.8 Å². The molecule has 150 valence electrons. The summed E-state index contributed by atoms with van der Waals surface area (Å²) in [4.78, 5) is 21.7. The molecule has 0 aliphatic carbocycles. The molecule has 0 radical (unpaired) electrons. The normalized spacial score (nSPS) is 11.4. The highest BCUT2D eigenvalue weighted by Gasteiger charge is 2.13.